The molecule has 35 heavy (non-hydrogen) atoms. The number of likely N-dealkylation sites (tertiary alicyclic amines) is 2. The van der Waals surface area contributed by atoms with E-state index in [-0.39, 0.29) is 16.8 Å². The second kappa shape index (κ2) is 10.2. The molecular weight excluding hydrogens is 466 g/mol. The van der Waals surface area contributed by atoms with Crippen molar-refractivity contribution in [1.29, 1.82) is 0 Å². The molecule has 190 valence electrons. The molecule has 2 saturated heterocycles. The molecule has 4 rings (SSSR count). The van der Waals surface area contributed by atoms with E-state index in [1.54, 1.807) is 18.2 Å². The standard InChI is InChI=1S/C26H35N3O5S/c1-18(2)27-12-9-22(10-13-27)28-14-11-24(26(28)31)29(17-25(30)34-4)35(32,33)23-8-7-20-15-19(3)5-6-21(20)16-23/h5-8,15-16,18,22,24H,9-14,17H2,1-4H3/t24-/m0/s1. The van der Waals surface area contributed by atoms with Crippen molar-refractivity contribution >= 4 is 32.7 Å². The van der Waals surface area contributed by atoms with Crippen molar-refractivity contribution in [2.45, 2.75) is 63.1 Å². The number of sulfonamides is 1. The molecule has 0 radical (unpaired) electrons. The third-order valence-corrected chi connectivity index (χ3v) is 9.17. The maximum atomic E-state index is 13.8. The van der Waals surface area contributed by atoms with Gasteiger partial charge < -0.3 is 14.5 Å². The highest BCUT2D eigenvalue weighted by Crippen LogP contribution is 2.30. The Morgan fingerprint density at radius 1 is 1.06 bits per heavy atom. The molecule has 0 N–H and O–H groups in total. The van der Waals surface area contributed by atoms with Crippen LogP contribution in [0.25, 0.3) is 10.8 Å². The topological polar surface area (TPSA) is 87.2 Å². The number of benzene rings is 2. The van der Waals surface area contributed by atoms with Crippen LogP contribution >= 0.6 is 0 Å². The zero-order valence-corrected chi connectivity index (χ0v) is 21.8. The number of carbonyl (C=O) groups is 2. The zero-order valence-electron chi connectivity index (χ0n) is 20.9. The van der Waals surface area contributed by atoms with Crippen molar-refractivity contribution in [2.75, 3.05) is 33.3 Å². The Kier molecular flexibility index (Phi) is 7.49. The summed E-state index contributed by atoms with van der Waals surface area (Å²) in [4.78, 5) is 30.0. The van der Waals surface area contributed by atoms with Crippen molar-refractivity contribution < 1.29 is 22.7 Å². The van der Waals surface area contributed by atoms with Gasteiger partial charge in [-0.15, -0.1) is 0 Å². The average Bonchev–Trinajstić information content (AvgIpc) is 3.22. The van der Waals surface area contributed by atoms with Crippen LogP contribution in [0.1, 0.15) is 38.7 Å². The lowest BCUT2D eigenvalue weighted by atomic mass is 10.0. The Balaban J connectivity index is 1.60. The first kappa shape index (κ1) is 25.6. The van der Waals surface area contributed by atoms with Crippen molar-refractivity contribution in [2.24, 2.45) is 0 Å². The van der Waals surface area contributed by atoms with Crippen LogP contribution in [-0.4, -0.2) is 85.8 Å². The van der Waals surface area contributed by atoms with Gasteiger partial charge in [0.15, 0.2) is 0 Å². The first-order valence-electron chi connectivity index (χ1n) is 12.3. The Morgan fingerprint density at radius 3 is 2.37 bits per heavy atom. The van der Waals surface area contributed by atoms with Crippen LogP contribution in [0.5, 0.6) is 0 Å². The van der Waals surface area contributed by atoms with Crippen LogP contribution in [0.15, 0.2) is 41.3 Å². The molecule has 2 aromatic carbocycles. The Morgan fingerprint density at radius 2 is 1.71 bits per heavy atom. The number of carbonyl (C=O) groups excluding carboxylic acids is 2. The summed E-state index contributed by atoms with van der Waals surface area (Å²) in [5.41, 5.74) is 1.08. The highest BCUT2D eigenvalue weighted by atomic mass is 32.2. The van der Waals surface area contributed by atoms with E-state index in [4.69, 9.17) is 4.74 Å². The summed E-state index contributed by atoms with van der Waals surface area (Å²) in [6, 6.07) is 10.3. The van der Waals surface area contributed by atoms with Crippen LogP contribution in [0, 0.1) is 6.92 Å². The predicted molar refractivity (Wildman–Crippen MR) is 134 cm³/mol. The summed E-state index contributed by atoms with van der Waals surface area (Å²) < 4.78 is 33.4. The number of piperidine rings is 1. The summed E-state index contributed by atoms with van der Waals surface area (Å²) in [5.74, 6) is -0.918. The van der Waals surface area contributed by atoms with E-state index in [9.17, 15) is 18.0 Å². The number of fused-ring (bicyclic) bond motifs is 1. The number of hydrogen-bond donors (Lipinski definition) is 0. The lowest BCUT2D eigenvalue weighted by Crippen LogP contribution is -2.51. The summed E-state index contributed by atoms with van der Waals surface area (Å²) in [6.45, 7) is 8.13. The van der Waals surface area contributed by atoms with Gasteiger partial charge >= 0.3 is 5.97 Å². The molecule has 9 heteroatoms. The number of amides is 1. The molecule has 8 nitrogen and oxygen atoms in total. The largest absolute Gasteiger partial charge is 0.468 e. The van der Waals surface area contributed by atoms with Crippen molar-refractivity contribution in [3.05, 3.63) is 42.0 Å². The van der Waals surface area contributed by atoms with Gasteiger partial charge in [0, 0.05) is 31.7 Å². The Bertz CT molecular complexity index is 1200. The van der Waals surface area contributed by atoms with E-state index in [0.717, 1.165) is 46.6 Å². The fourth-order valence-electron chi connectivity index (χ4n) is 5.22. The van der Waals surface area contributed by atoms with E-state index < -0.39 is 28.6 Å². The molecule has 2 heterocycles. The number of nitrogens with zero attached hydrogens (tertiary/aromatic N) is 3. The van der Waals surface area contributed by atoms with Crippen molar-refractivity contribution in [3.8, 4) is 0 Å². The monoisotopic (exact) mass is 501 g/mol. The number of methoxy groups -OCH3 is 1. The molecular formula is C26H35N3O5S. The molecule has 1 amide bonds. The lowest BCUT2D eigenvalue weighted by molar-refractivity contribution is -0.142. The highest BCUT2D eigenvalue weighted by molar-refractivity contribution is 7.89. The van der Waals surface area contributed by atoms with Crippen LogP contribution in [0.4, 0.5) is 0 Å². The first-order chi connectivity index (χ1) is 16.6. The molecule has 0 aromatic heterocycles. The third-order valence-electron chi connectivity index (χ3n) is 7.32. The normalized spacial score (nSPS) is 20.3. The number of aryl methyl sites for hydroxylation is 1. The average molecular weight is 502 g/mol. The van der Waals surface area contributed by atoms with Gasteiger partial charge in [-0.05, 0) is 62.9 Å². The molecule has 0 spiro atoms. The van der Waals surface area contributed by atoms with Gasteiger partial charge in [0.2, 0.25) is 15.9 Å². The summed E-state index contributed by atoms with van der Waals surface area (Å²) in [7, 11) is -2.90. The van der Waals surface area contributed by atoms with E-state index in [0.29, 0.717) is 19.0 Å². The summed E-state index contributed by atoms with van der Waals surface area (Å²) in [6.07, 6.45) is 2.08. The van der Waals surface area contributed by atoms with Crippen LogP contribution in [-0.2, 0) is 24.3 Å². The SMILES string of the molecule is COC(=O)CN([C@H]1CCN(C2CCN(C(C)C)CC2)C1=O)S(=O)(=O)c1ccc2cc(C)ccc2c1. The lowest BCUT2D eigenvalue weighted by Gasteiger charge is -2.38. The molecule has 0 unspecified atom stereocenters. The third kappa shape index (κ3) is 5.22. The fourth-order valence-corrected chi connectivity index (χ4v) is 6.82. The van der Waals surface area contributed by atoms with Gasteiger partial charge in [-0.25, -0.2) is 8.42 Å². The van der Waals surface area contributed by atoms with Gasteiger partial charge in [-0.3, -0.25) is 9.59 Å². The van der Waals surface area contributed by atoms with Crippen molar-refractivity contribution in [3.63, 3.8) is 0 Å². The molecule has 1 atom stereocenters. The Labute approximate surface area is 207 Å². The second-order valence-electron chi connectivity index (χ2n) is 9.84. The van der Waals surface area contributed by atoms with Gasteiger partial charge in [-0.2, -0.15) is 4.31 Å². The molecule has 2 aliphatic heterocycles. The quantitative estimate of drug-likeness (QED) is 0.543. The highest BCUT2D eigenvalue weighted by Gasteiger charge is 2.45. The predicted octanol–water partition coefficient (Wildman–Crippen LogP) is 2.79. The molecule has 2 aliphatic rings. The second-order valence-corrected chi connectivity index (χ2v) is 11.7. The molecule has 0 bridgehead atoms. The van der Waals surface area contributed by atoms with Gasteiger partial charge in [-0.1, -0.05) is 29.8 Å². The summed E-state index contributed by atoms with van der Waals surface area (Å²) >= 11 is 0. The van der Waals surface area contributed by atoms with E-state index >= 15 is 0 Å². The number of hydrogen-bond acceptors (Lipinski definition) is 6. The van der Waals surface area contributed by atoms with E-state index in [2.05, 4.69) is 18.7 Å². The van der Waals surface area contributed by atoms with Crippen LogP contribution in [0.3, 0.4) is 0 Å². The van der Waals surface area contributed by atoms with Gasteiger partial charge in [0.05, 0.1) is 12.0 Å². The maximum Gasteiger partial charge on any atom is 0.321 e. The molecule has 0 saturated carbocycles. The first-order valence-corrected chi connectivity index (χ1v) is 13.7. The Hall–Kier alpha value is -2.49. The van der Waals surface area contributed by atoms with Crippen molar-refractivity contribution in [1.82, 2.24) is 14.1 Å². The number of rotatable bonds is 7. The fraction of sp³-hybridized carbons (Fsp3) is 0.538. The zero-order chi connectivity index (χ0) is 25.3. The minimum absolute atomic E-state index is 0.0641. The number of ether oxygens (including phenoxy) is 1. The van der Waals surface area contributed by atoms with E-state index in [1.807, 2.05) is 30.0 Å². The van der Waals surface area contributed by atoms with Crippen LogP contribution < -0.4 is 0 Å². The van der Waals surface area contributed by atoms with E-state index in [1.165, 1.54) is 7.11 Å². The maximum absolute atomic E-state index is 13.8. The smallest absolute Gasteiger partial charge is 0.321 e. The number of esters is 1. The summed E-state index contributed by atoms with van der Waals surface area (Å²) in [5, 5.41) is 1.71. The minimum Gasteiger partial charge on any atom is -0.468 e. The molecule has 2 fully saturated rings. The van der Waals surface area contributed by atoms with Crippen LogP contribution in [0.2, 0.25) is 0 Å². The molecule has 2 aromatic rings. The van der Waals surface area contributed by atoms with Gasteiger partial charge in [0.25, 0.3) is 0 Å². The minimum atomic E-state index is -4.12. The van der Waals surface area contributed by atoms with Gasteiger partial charge in [0.1, 0.15) is 12.6 Å². The molecule has 0 aliphatic carbocycles.